The lowest BCUT2D eigenvalue weighted by Gasteiger charge is -2.22. The van der Waals surface area contributed by atoms with Gasteiger partial charge in [0.05, 0.1) is 5.56 Å². The Bertz CT molecular complexity index is 868. The number of amides is 2. The summed E-state index contributed by atoms with van der Waals surface area (Å²) in [5, 5.41) is 0.472. The van der Waals surface area contributed by atoms with Crippen molar-refractivity contribution in [1.29, 1.82) is 0 Å². The van der Waals surface area contributed by atoms with E-state index in [1.54, 1.807) is 34.1 Å². The lowest BCUT2D eigenvalue weighted by molar-refractivity contribution is -0.137. The summed E-state index contributed by atoms with van der Waals surface area (Å²) in [5.41, 5.74) is -0.115. The fourth-order valence-electron chi connectivity index (χ4n) is 3.11. The monoisotopic (exact) mass is 410 g/mol. The van der Waals surface area contributed by atoms with Crippen LogP contribution in [0.5, 0.6) is 0 Å². The lowest BCUT2D eigenvalue weighted by Crippen LogP contribution is -2.37. The van der Waals surface area contributed by atoms with Gasteiger partial charge in [-0.05, 0) is 48.9 Å². The van der Waals surface area contributed by atoms with E-state index in [4.69, 9.17) is 11.6 Å². The molecule has 1 aliphatic rings. The third-order valence-corrected chi connectivity index (χ3v) is 4.84. The molecule has 0 atom stereocenters. The zero-order valence-electron chi connectivity index (χ0n) is 14.9. The van der Waals surface area contributed by atoms with E-state index in [-0.39, 0.29) is 17.4 Å². The third-order valence-electron chi connectivity index (χ3n) is 4.60. The minimum atomic E-state index is -4.44. The van der Waals surface area contributed by atoms with Crippen LogP contribution < -0.4 is 0 Å². The summed E-state index contributed by atoms with van der Waals surface area (Å²) in [4.78, 5) is 28.5. The normalized spacial score (nSPS) is 15.3. The molecule has 0 saturated carbocycles. The number of nitrogens with zero attached hydrogens (tertiary/aromatic N) is 2. The maximum absolute atomic E-state index is 12.7. The summed E-state index contributed by atoms with van der Waals surface area (Å²) in [5.74, 6) is -0.503. The van der Waals surface area contributed by atoms with Crippen molar-refractivity contribution in [3.8, 4) is 0 Å². The van der Waals surface area contributed by atoms with Gasteiger partial charge in [-0.1, -0.05) is 17.7 Å². The van der Waals surface area contributed by atoms with E-state index >= 15 is 0 Å². The summed E-state index contributed by atoms with van der Waals surface area (Å²) in [6.45, 7) is 1.57. The highest BCUT2D eigenvalue weighted by molar-refractivity contribution is 6.30. The van der Waals surface area contributed by atoms with Crippen LogP contribution in [0.4, 0.5) is 13.2 Å². The Morgan fingerprint density at radius 2 is 1.39 bits per heavy atom. The summed E-state index contributed by atoms with van der Waals surface area (Å²) >= 11 is 5.94. The van der Waals surface area contributed by atoms with Crippen molar-refractivity contribution in [2.45, 2.75) is 12.6 Å². The summed E-state index contributed by atoms with van der Waals surface area (Å²) in [6.07, 6.45) is -3.86. The predicted molar refractivity (Wildman–Crippen MR) is 99.3 cm³/mol. The highest BCUT2D eigenvalue weighted by Crippen LogP contribution is 2.29. The van der Waals surface area contributed by atoms with E-state index in [1.165, 1.54) is 12.1 Å². The molecular formula is C20H18ClF3N2O2. The van der Waals surface area contributed by atoms with Gasteiger partial charge in [-0.15, -0.1) is 0 Å². The minimum absolute atomic E-state index is 0.161. The molecule has 0 aromatic heterocycles. The Labute approximate surface area is 165 Å². The molecule has 1 aliphatic heterocycles. The molecule has 0 bridgehead atoms. The highest BCUT2D eigenvalue weighted by atomic mass is 35.5. The topological polar surface area (TPSA) is 40.6 Å². The number of rotatable bonds is 2. The Balaban J connectivity index is 1.66. The maximum atomic E-state index is 12.7. The van der Waals surface area contributed by atoms with Crippen LogP contribution in [-0.4, -0.2) is 47.8 Å². The van der Waals surface area contributed by atoms with Crippen molar-refractivity contribution in [3.05, 3.63) is 70.2 Å². The van der Waals surface area contributed by atoms with Crippen molar-refractivity contribution in [3.63, 3.8) is 0 Å². The molecule has 148 valence electrons. The molecule has 3 rings (SSSR count). The number of carbonyl (C=O) groups excluding carboxylic acids is 2. The van der Waals surface area contributed by atoms with Crippen LogP contribution in [0.1, 0.15) is 32.7 Å². The van der Waals surface area contributed by atoms with E-state index < -0.39 is 11.7 Å². The molecule has 2 amide bonds. The Morgan fingerprint density at radius 1 is 0.821 bits per heavy atom. The van der Waals surface area contributed by atoms with E-state index in [0.717, 1.165) is 12.1 Å². The van der Waals surface area contributed by atoms with Crippen molar-refractivity contribution < 1.29 is 22.8 Å². The summed E-state index contributed by atoms with van der Waals surface area (Å²) < 4.78 is 38.0. The minimum Gasteiger partial charge on any atom is -0.337 e. The van der Waals surface area contributed by atoms with Gasteiger partial charge < -0.3 is 9.80 Å². The number of halogens is 4. The van der Waals surface area contributed by atoms with Crippen LogP contribution in [0.25, 0.3) is 0 Å². The first-order chi connectivity index (χ1) is 13.3. The molecule has 0 N–H and O–H groups in total. The van der Waals surface area contributed by atoms with Gasteiger partial charge in [0.1, 0.15) is 0 Å². The number of hydrogen-bond donors (Lipinski definition) is 0. The number of carbonyl (C=O) groups is 2. The largest absolute Gasteiger partial charge is 0.416 e. The first-order valence-electron chi connectivity index (χ1n) is 8.77. The molecule has 8 heteroatoms. The van der Waals surface area contributed by atoms with Crippen molar-refractivity contribution in [2.24, 2.45) is 0 Å². The van der Waals surface area contributed by atoms with E-state index in [0.29, 0.717) is 43.2 Å². The van der Waals surface area contributed by atoms with Crippen LogP contribution in [0.15, 0.2) is 48.5 Å². The molecule has 0 spiro atoms. The van der Waals surface area contributed by atoms with Crippen LogP contribution in [0.2, 0.25) is 5.02 Å². The Morgan fingerprint density at radius 3 is 1.93 bits per heavy atom. The second-order valence-corrected chi connectivity index (χ2v) is 6.96. The standard InChI is InChI=1S/C20H18ClF3N2O2/c21-17-4-1-3-15(13-17)19(28)26-10-2-9-25(11-12-26)18(27)14-5-7-16(8-6-14)20(22,23)24/h1,3-8,13H,2,9-12H2. The molecule has 0 unspecified atom stereocenters. The molecule has 1 saturated heterocycles. The van der Waals surface area contributed by atoms with Crippen LogP contribution in [0, 0.1) is 0 Å². The number of benzene rings is 2. The molecule has 2 aromatic carbocycles. The lowest BCUT2D eigenvalue weighted by atomic mass is 10.1. The smallest absolute Gasteiger partial charge is 0.337 e. The van der Waals surface area contributed by atoms with Crippen molar-refractivity contribution in [1.82, 2.24) is 9.80 Å². The summed E-state index contributed by atoms with van der Waals surface area (Å²) in [6, 6.07) is 10.8. The first kappa shape index (κ1) is 20.2. The van der Waals surface area contributed by atoms with Gasteiger partial charge in [-0.3, -0.25) is 9.59 Å². The van der Waals surface area contributed by atoms with E-state index in [9.17, 15) is 22.8 Å². The number of alkyl halides is 3. The second kappa shape index (κ2) is 8.22. The van der Waals surface area contributed by atoms with E-state index in [1.807, 2.05) is 0 Å². The highest BCUT2D eigenvalue weighted by Gasteiger charge is 2.30. The van der Waals surface area contributed by atoms with Gasteiger partial charge in [0.25, 0.3) is 11.8 Å². The molecule has 0 aliphatic carbocycles. The molecule has 28 heavy (non-hydrogen) atoms. The fraction of sp³-hybridized carbons (Fsp3) is 0.300. The van der Waals surface area contributed by atoms with Crippen LogP contribution in [-0.2, 0) is 6.18 Å². The van der Waals surface area contributed by atoms with Gasteiger partial charge >= 0.3 is 6.18 Å². The quantitative estimate of drug-likeness (QED) is 0.738. The van der Waals surface area contributed by atoms with Gasteiger partial charge in [0.2, 0.25) is 0 Å². The van der Waals surface area contributed by atoms with Crippen LogP contribution in [0.3, 0.4) is 0 Å². The molecule has 2 aromatic rings. The van der Waals surface area contributed by atoms with Crippen molar-refractivity contribution in [2.75, 3.05) is 26.2 Å². The predicted octanol–water partition coefficient (Wildman–Crippen LogP) is 4.35. The third kappa shape index (κ3) is 4.65. The molecular weight excluding hydrogens is 393 g/mol. The molecule has 4 nitrogen and oxygen atoms in total. The van der Waals surface area contributed by atoms with Crippen LogP contribution >= 0.6 is 11.6 Å². The van der Waals surface area contributed by atoms with Gasteiger partial charge in [-0.2, -0.15) is 13.2 Å². The van der Waals surface area contributed by atoms with Gasteiger partial charge in [0, 0.05) is 42.3 Å². The van der Waals surface area contributed by atoms with Gasteiger partial charge in [0.15, 0.2) is 0 Å². The Kier molecular flexibility index (Phi) is 5.93. The average Bonchev–Trinajstić information content (AvgIpc) is 2.92. The first-order valence-corrected chi connectivity index (χ1v) is 9.15. The fourth-order valence-corrected chi connectivity index (χ4v) is 3.30. The maximum Gasteiger partial charge on any atom is 0.416 e. The average molecular weight is 411 g/mol. The zero-order chi connectivity index (χ0) is 20.3. The summed E-state index contributed by atoms with van der Waals surface area (Å²) in [7, 11) is 0. The molecule has 0 radical (unpaired) electrons. The Hall–Kier alpha value is -2.54. The molecule has 1 fully saturated rings. The zero-order valence-corrected chi connectivity index (χ0v) is 15.6. The SMILES string of the molecule is O=C(c1ccc(C(F)(F)F)cc1)N1CCCN(C(=O)c2cccc(Cl)c2)CC1. The molecule has 1 heterocycles. The van der Waals surface area contributed by atoms with Crippen molar-refractivity contribution >= 4 is 23.4 Å². The van der Waals surface area contributed by atoms with E-state index in [2.05, 4.69) is 0 Å². The second-order valence-electron chi connectivity index (χ2n) is 6.52. The number of hydrogen-bond acceptors (Lipinski definition) is 2. The van der Waals surface area contributed by atoms with Gasteiger partial charge in [-0.25, -0.2) is 0 Å².